The Bertz CT molecular complexity index is 663. The summed E-state index contributed by atoms with van der Waals surface area (Å²) in [6.45, 7) is 0.406. The summed E-state index contributed by atoms with van der Waals surface area (Å²) in [4.78, 5) is 38.0. The smallest absolute Gasteiger partial charge is 0.321 e. The molecule has 1 aliphatic heterocycles. The molecule has 2 N–H and O–H groups in total. The lowest BCUT2D eigenvalue weighted by atomic mass is 9.97. The minimum Gasteiger partial charge on any atom is -0.481 e. The van der Waals surface area contributed by atoms with Gasteiger partial charge in [0.2, 0.25) is 5.91 Å². The van der Waals surface area contributed by atoms with E-state index >= 15 is 0 Å². The van der Waals surface area contributed by atoms with Crippen molar-refractivity contribution in [3.05, 3.63) is 28.8 Å². The second kappa shape index (κ2) is 7.53. The second-order valence-corrected chi connectivity index (χ2v) is 6.32. The number of benzene rings is 1. The van der Waals surface area contributed by atoms with Gasteiger partial charge in [0.1, 0.15) is 0 Å². The zero-order valence-electron chi connectivity index (χ0n) is 13.6. The molecule has 1 aromatic carbocycles. The van der Waals surface area contributed by atoms with Crippen molar-refractivity contribution in [2.45, 2.75) is 18.8 Å². The lowest BCUT2D eigenvalue weighted by Crippen LogP contribution is -2.40. The van der Waals surface area contributed by atoms with Gasteiger partial charge in [0, 0.05) is 50.2 Å². The lowest BCUT2D eigenvalue weighted by Gasteiger charge is -2.19. The number of amides is 3. The number of fused-ring (bicyclic) bond motifs is 1. The van der Waals surface area contributed by atoms with Gasteiger partial charge in [-0.25, -0.2) is 4.79 Å². The minimum absolute atomic E-state index is 0.0286. The first-order valence-corrected chi connectivity index (χ1v) is 7.94. The van der Waals surface area contributed by atoms with Gasteiger partial charge in [-0.1, -0.05) is 11.6 Å². The molecule has 1 aliphatic rings. The van der Waals surface area contributed by atoms with Gasteiger partial charge in [-0.2, -0.15) is 0 Å². The highest BCUT2D eigenvalue weighted by Gasteiger charge is 2.34. The summed E-state index contributed by atoms with van der Waals surface area (Å²) in [5, 5.41) is 11.8. The maximum atomic E-state index is 12.3. The van der Waals surface area contributed by atoms with Crippen LogP contribution >= 0.6 is 11.6 Å². The van der Waals surface area contributed by atoms with Gasteiger partial charge >= 0.3 is 12.0 Å². The fourth-order valence-corrected chi connectivity index (χ4v) is 2.83. The van der Waals surface area contributed by atoms with Crippen LogP contribution < -0.4 is 10.2 Å². The molecule has 8 heteroatoms. The van der Waals surface area contributed by atoms with Crippen molar-refractivity contribution in [2.24, 2.45) is 0 Å². The molecule has 24 heavy (non-hydrogen) atoms. The van der Waals surface area contributed by atoms with Gasteiger partial charge < -0.3 is 15.3 Å². The summed E-state index contributed by atoms with van der Waals surface area (Å²) in [5.41, 5.74) is 1.55. The number of carbonyl (C=O) groups excluding carboxylic acids is 2. The third-order valence-electron chi connectivity index (χ3n) is 3.90. The van der Waals surface area contributed by atoms with E-state index in [2.05, 4.69) is 5.32 Å². The normalized spacial score (nSPS) is 15.8. The van der Waals surface area contributed by atoms with E-state index in [1.165, 1.54) is 9.80 Å². The number of urea groups is 1. The first kappa shape index (κ1) is 18.1. The van der Waals surface area contributed by atoms with Gasteiger partial charge in [-0.05, 0) is 23.8 Å². The number of nitrogens with one attached hydrogen (secondary N) is 1. The number of carboxylic acids is 1. The summed E-state index contributed by atoms with van der Waals surface area (Å²) >= 11 is 6.05. The van der Waals surface area contributed by atoms with Gasteiger partial charge in [0.05, 0.1) is 6.42 Å². The number of rotatable bonds is 5. The Hall–Kier alpha value is -2.28. The largest absolute Gasteiger partial charge is 0.481 e. The Morgan fingerprint density at radius 3 is 2.71 bits per heavy atom. The number of hydrogen-bond acceptors (Lipinski definition) is 3. The van der Waals surface area contributed by atoms with E-state index in [4.69, 9.17) is 16.7 Å². The molecule has 0 aromatic heterocycles. The molecule has 1 heterocycles. The number of halogens is 1. The van der Waals surface area contributed by atoms with Crippen molar-refractivity contribution in [3.63, 3.8) is 0 Å². The van der Waals surface area contributed by atoms with E-state index in [-0.39, 0.29) is 37.2 Å². The Kier molecular flexibility index (Phi) is 5.66. The maximum absolute atomic E-state index is 12.3. The summed E-state index contributed by atoms with van der Waals surface area (Å²) in [7, 11) is 3.37. The van der Waals surface area contributed by atoms with Gasteiger partial charge in [-0.3, -0.25) is 14.5 Å². The topological polar surface area (TPSA) is 90.0 Å². The second-order valence-electron chi connectivity index (χ2n) is 5.88. The maximum Gasteiger partial charge on any atom is 0.321 e. The van der Waals surface area contributed by atoms with Crippen LogP contribution in [0.15, 0.2) is 18.2 Å². The summed E-state index contributed by atoms with van der Waals surface area (Å²) < 4.78 is 0. The Labute approximate surface area is 145 Å². The van der Waals surface area contributed by atoms with E-state index < -0.39 is 5.97 Å². The van der Waals surface area contributed by atoms with Gasteiger partial charge in [0.25, 0.3) is 0 Å². The fraction of sp³-hybridized carbons (Fsp3) is 0.438. The molecule has 0 saturated carbocycles. The van der Waals surface area contributed by atoms with Crippen LogP contribution in [-0.2, 0) is 9.59 Å². The molecule has 7 nitrogen and oxygen atoms in total. The van der Waals surface area contributed by atoms with Crippen LogP contribution in [-0.4, -0.2) is 55.1 Å². The molecule has 2 rings (SSSR count). The molecule has 1 unspecified atom stereocenters. The number of carboxylic acid groups (broad SMARTS) is 1. The summed E-state index contributed by atoms with van der Waals surface area (Å²) in [6, 6.07) is 4.83. The minimum atomic E-state index is -0.974. The van der Waals surface area contributed by atoms with Crippen molar-refractivity contribution in [1.82, 2.24) is 10.2 Å². The predicted molar refractivity (Wildman–Crippen MR) is 90.5 cm³/mol. The van der Waals surface area contributed by atoms with Crippen LogP contribution in [0.4, 0.5) is 10.5 Å². The average Bonchev–Trinajstić information content (AvgIpc) is 2.84. The van der Waals surface area contributed by atoms with E-state index in [9.17, 15) is 14.4 Å². The molecule has 3 amide bonds. The molecular weight excluding hydrogens is 334 g/mol. The van der Waals surface area contributed by atoms with Crippen LogP contribution in [0, 0.1) is 0 Å². The third-order valence-corrected chi connectivity index (χ3v) is 4.14. The molecule has 0 bridgehead atoms. The van der Waals surface area contributed by atoms with Gasteiger partial charge in [0.15, 0.2) is 0 Å². The Morgan fingerprint density at radius 1 is 1.38 bits per heavy atom. The highest BCUT2D eigenvalue weighted by molar-refractivity contribution is 6.30. The molecule has 0 aliphatic carbocycles. The average molecular weight is 354 g/mol. The molecule has 1 atom stereocenters. The van der Waals surface area contributed by atoms with E-state index in [0.717, 1.165) is 5.56 Å². The molecule has 130 valence electrons. The van der Waals surface area contributed by atoms with Gasteiger partial charge in [-0.15, -0.1) is 0 Å². The van der Waals surface area contributed by atoms with Crippen LogP contribution in [0.1, 0.15) is 24.3 Å². The Balaban J connectivity index is 2.16. The first-order valence-electron chi connectivity index (χ1n) is 7.56. The summed E-state index contributed by atoms with van der Waals surface area (Å²) in [5.74, 6) is -1.14. The zero-order chi connectivity index (χ0) is 17.9. The number of anilines is 1. The number of nitrogens with zero attached hydrogens (tertiary/aromatic N) is 2. The molecule has 0 fully saturated rings. The molecule has 0 saturated heterocycles. The van der Waals surface area contributed by atoms with Crippen molar-refractivity contribution in [3.8, 4) is 0 Å². The number of hydrogen-bond donors (Lipinski definition) is 2. The molecule has 0 radical (unpaired) electrons. The number of aliphatic carboxylic acids is 1. The van der Waals surface area contributed by atoms with Crippen molar-refractivity contribution >= 4 is 35.2 Å². The van der Waals surface area contributed by atoms with Crippen LogP contribution in [0.25, 0.3) is 0 Å². The lowest BCUT2D eigenvalue weighted by molar-refractivity contribution is -0.136. The molecule has 1 aromatic rings. The van der Waals surface area contributed by atoms with Crippen LogP contribution in [0.5, 0.6) is 0 Å². The quantitative estimate of drug-likeness (QED) is 0.846. The van der Waals surface area contributed by atoms with Crippen LogP contribution in [0.3, 0.4) is 0 Å². The van der Waals surface area contributed by atoms with Crippen molar-refractivity contribution in [2.75, 3.05) is 32.1 Å². The van der Waals surface area contributed by atoms with E-state index in [0.29, 0.717) is 17.3 Å². The standard InChI is InChI=1S/C16H20ClN3O4/c1-19(2)14(21)7-10-9-20(16(24)18-6-5-15(22)23)13-4-3-11(17)8-12(10)13/h3-4,8,10H,5-7,9H2,1-2H3,(H,18,24)(H,22,23). The Morgan fingerprint density at radius 2 is 2.08 bits per heavy atom. The third kappa shape index (κ3) is 4.17. The molecule has 0 spiro atoms. The predicted octanol–water partition coefficient (Wildman–Crippen LogP) is 1.91. The fourth-order valence-electron chi connectivity index (χ4n) is 2.65. The zero-order valence-corrected chi connectivity index (χ0v) is 14.3. The van der Waals surface area contributed by atoms with E-state index in [1.807, 2.05) is 0 Å². The van der Waals surface area contributed by atoms with Crippen molar-refractivity contribution in [1.29, 1.82) is 0 Å². The molecular formula is C16H20ClN3O4. The highest BCUT2D eigenvalue weighted by atomic mass is 35.5. The summed E-state index contributed by atoms with van der Waals surface area (Å²) in [6.07, 6.45) is 0.134. The monoisotopic (exact) mass is 353 g/mol. The number of carbonyl (C=O) groups is 3. The van der Waals surface area contributed by atoms with Crippen molar-refractivity contribution < 1.29 is 19.5 Å². The van der Waals surface area contributed by atoms with Crippen LogP contribution in [0.2, 0.25) is 5.02 Å². The highest BCUT2D eigenvalue weighted by Crippen LogP contribution is 2.39. The van der Waals surface area contributed by atoms with E-state index in [1.54, 1.807) is 32.3 Å². The first-order chi connectivity index (χ1) is 11.3. The SMILES string of the molecule is CN(C)C(=O)CC1CN(C(=O)NCCC(=O)O)c2ccc(Cl)cc21.